The van der Waals surface area contributed by atoms with Crippen molar-refractivity contribution in [2.24, 2.45) is 10.4 Å². The molecule has 1 fully saturated rings. The highest BCUT2D eigenvalue weighted by molar-refractivity contribution is 7.89. The number of rotatable bonds is 3. The van der Waals surface area contributed by atoms with Crippen molar-refractivity contribution >= 4 is 27.8 Å². The smallest absolute Gasteiger partial charge is 0.254 e. The molecule has 0 radical (unpaired) electrons. The minimum atomic E-state index is -3.52. The highest BCUT2D eigenvalue weighted by Gasteiger charge is 2.57. The molecular formula is C26H31N3O3S. The second-order valence-corrected chi connectivity index (χ2v) is 12.6. The van der Waals surface area contributed by atoms with Crippen LogP contribution in [0.15, 0.2) is 46.3 Å². The standard InChI is InChI=1S/C26H31N3O3S/c1-25(2)23-16-19-15-20(33(31,32)28(4)5)7-8-21(19)26(25,3)11-13-29(23)24(30)18-6-9-22-17(14-18)10-12-27-22/h6-9,12,14-15,23H,10-11,13,16H2,1-5H3/t23-,26+/m1/s1. The van der Waals surface area contributed by atoms with E-state index in [4.69, 9.17) is 0 Å². The summed E-state index contributed by atoms with van der Waals surface area (Å²) < 4.78 is 26.8. The van der Waals surface area contributed by atoms with Crippen molar-refractivity contribution in [3.05, 3.63) is 58.7 Å². The number of fused-ring (bicyclic) bond motifs is 5. The number of piperidine rings is 1. The van der Waals surface area contributed by atoms with E-state index in [0.717, 1.165) is 29.7 Å². The zero-order chi connectivity index (χ0) is 23.8. The van der Waals surface area contributed by atoms with Crippen LogP contribution in [0.25, 0.3) is 0 Å². The Hall–Kier alpha value is -2.51. The lowest BCUT2D eigenvalue weighted by atomic mass is 9.51. The molecule has 2 aromatic rings. The zero-order valence-corrected chi connectivity index (χ0v) is 20.7. The minimum absolute atomic E-state index is 0.0157. The molecule has 1 aliphatic carbocycles. The van der Waals surface area contributed by atoms with Gasteiger partial charge in [0, 0.05) is 50.3 Å². The van der Waals surface area contributed by atoms with Gasteiger partial charge in [0.1, 0.15) is 0 Å². The first-order chi connectivity index (χ1) is 15.5. The quantitative estimate of drug-likeness (QED) is 0.689. The fourth-order valence-corrected chi connectivity index (χ4v) is 6.90. The van der Waals surface area contributed by atoms with E-state index < -0.39 is 10.0 Å². The average Bonchev–Trinajstić information content (AvgIpc) is 3.23. The maximum absolute atomic E-state index is 13.7. The van der Waals surface area contributed by atoms with Crippen LogP contribution >= 0.6 is 0 Å². The monoisotopic (exact) mass is 465 g/mol. The lowest BCUT2D eigenvalue weighted by Crippen LogP contribution is -2.64. The third-order valence-electron chi connectivity index (χ3n) is 8.48. The lowest BCUT2D eigenvalue weighted by molar-refractivity contribution is -0.0262. The number of hydrogen-bond donors (Lipinski definition) is 0. The number of nitrogens with zero attached hydrogens (tertiary/aromatic N) is 3. The van der Waals surface area contributed by atoms with Gasteiger partial charge >= 0.3 is 0 Å². The summed E-state index contributed by atoms with van der Waals surface area (Å²) in [4.78, 5) is 20.4. The number of likely N-dealkylation sites (tertiary alicyclic amines) is 1. The molecule has 174 valence electrons. The van der Waals surface area contributed by atoms with Gasteiger partial charge in [-0.25, -0.2) is 12.7 Å². The van der Waals surface area contributed by atoms with Crippen LogP contribution in [0.5, 0.6) is 0 Å². The molecule has 2 aliphatic heterocycles. The Morgan fingerprint density at radius 1 is 1.09 bits per heavy atom. The van der Waals surface area contributed by atoms with Crippen LogP contribution in [0.3, 0.4) is 0 Å². The van der Waals surface area contributed by atoms with Gasteiger partial charge in [0.2, 0.25) is 10.0 Å². The van der Waals surface area contributed by atoms with Crippen LogP contribution in [0.1, 0.15) is 54.2 Å². The van der Waals surface area contributed by atoms with Crippen molar-refractivity contribution in [2.45, 2.75) is 56.4 Å². The van der Waals surface area contributed by atoms with Gasteiger partial charge in [-0.15, -0.1) is 0 Å². The summed E-state index contributed by atoms with van der Waals surface area (Å²) in [5, 5.41) is 0. The molecule has 3 aliphatic rings. The Labute approximate surface area is 196 Å². The Balaban J connectivity index is 1.55. The highest BCUT2D eigenvalue weighted by atomic mass is 32.2. The predicted molar refractivity (Wildman–Crippen MR) is 130 cm³/mol. The maximum Gasteiger partial charge on any atom is 0.254 e. The van der Waals surface area contributed by atoms with E-state index in [1.165, 1.54) is 9.87 Å². The Bertz CT molecular complexity index is 1300. The first-order valence-corrected chi connectivity index (χ1v) is 12.9. The van der Waals surface area contributed by atoms with Gasteiger partial charge in [-0.3, -0.25) is 9.79 Å². The van der Waals surface area contributed by atoms with Gasteiger partial charge in [0.25, 0.3) is 5.91 Å². The predicted octanol–water partition coefficient (Wildman–Crippen LogP) is 3.95. The van der Waals surface area contributed by atoms with Crippen LogP contribution < -0.4 is 0 Å². The summed E-state index contributed by atoms with van der Waals surface area (Å²) in [5.41, 5.74) is 4.68. The third kappa shape index (κ3) is 3.12. The first kappa shape index (κ1) is 22.3. The zero-order valence-electron chi connectivity index (χ0n) is 19.9. The van der Waals surface area contributed by atoms with E-state index in [2.05, 4.69) is 25.8 Å². The van der Waals surface area contributed by atoms with Crippen molar-refractivity contribution in [3.63, 3.8) is 0 Å². The third-order valence-corrected chi connectivity index (χ3v) is 10.3. The van der Waals surface area contributed by atoms with Gasteiger partial charge in [0.05, 0.1) is 10.6 Å². The van der Waals surface area contributed by atoms with E-state index >= 15 is 0 Å². The summed E-state index contributed by atoms with van der Waals surface area (Å²) in [5.74, 6) is 0.0466. The van der Waals surface area contributed by atoms with E-state index in [9.17, 15) is 13.2 Å². The van der Waals surface area contributed by atoms with E-state index in [1.54, 1.807) is 20.2 Å². The van der Waals surface area contributed by atoms with Crippen LogP contribution in [0, 0.1) is 5.41 Å². The van der Waals surface area contributed by atoms with Gasteiger partial charge in [-0.1, -0.05) is 26.8 Å². The highest BCUT2D eigenvalue weighted by Crippen LogP contribution is 2.56. The molecule has 0 unspecified atom stereocenters. The van der Waals surface area contributed by atoms with E-state index in [1.807, 2.05) is 41.4 Å². The lowest BCUT2D eigenvalue weighted by Gasteiger charge is -2.60. The molecule has 0 aromatic heterocycles. The molecule has 2 bridgehead atoms. The molecule has 0 N–H and O–H groups in total. The molecule has 2 atom stereocenters. The average molecular weight is 466 g/mol. The van der Waals surface area contributed by atoms with Gasteiger partial charge < -0.3 is 4.90 Å². The molecule has 0 saturated carbocycles. The molecule has 0 spiro atoms. The van der Waals surface area contributed by atoms with Crippen molar-refractivity contribution in [1.29, 1.82) is 0 Å². The van der Waals surface area contributed by atoms with Crippen molar-refractivity contribution < 1.29 is 13.2 Å². The number of benzene rings is 2. The molecule has 1 amide bonds. The number of carbonyl (C=O) groups excluding carboxylic acids is 1. The minimum Gasteiger partial charge on any atom is -0.335 e. The summed E-state index contributed by atoms with van der Waals surface area (Å²) in [6.45, 7) is 7.46. The number of hydrogen-bond acceptors (Lipinski definition) is 4. The van der Waals surface area contributed by atoms with Crippen molar-refractivity contribution in [1.82, 2.24) is 9.21 Å². The van der Waals surface area contributed by atoms with Crippen LogP contribution in [0.2, 0.25) is 0 Å². The molecule has 1 saturated heterocycles. The molecule has 2 heterocycles. The topological polar surface area (TPSA) is 70.1 Å². The van der Waals surface area contributed by atoms with Crippen LogP contribution in [0.4, 0.5) is 5.69 Å². The number of aliphatic imine (C=N–C) groups is 1. The van der Waals surface area contributed by atoms with Crippen molar-refractivity contribution in [2.75, 3.05) is 20.6 Å². The SMILES string of the molecule is CN(C)S(=O)(=O)c1ccc2c(c1)C[C@H]1N(C(=O)c3ccc4c(c3)CC=N4)CC[C@]2(C)C1(C)C. The molecule has 5 rings (SSSR count). The molecule has 6 nitrogen and oxygen atoms in total. The molecule has 2 aromatic carbocycles. The summed E-state index contributed by atoms with van der Waals surface area (Å²) in [7, 11) is -0.417. The first-order valence-electron chi connectivity index (χ1n) is 11.5. The van der Waals surface area contributed by atoms with Gasteiger partial charge in [-0.2, -0.15) is 0 Å². The second-order valence-electron chi connectivity index (χ2n) is 10.5. The second kappa shape index (κ2) is 7.24. The Kier molecular flexibility index (Phi) is 4.89. The number of amides is 1. The number of carbonyl (C=O) groups is 1. The molecule has 33 heavy (non-hydrogen) atoms. The van der Waals surface area contributed by atoms with E-state index in [0.29, 0.717) is 23.4 Å². The van der Waals surface area contributed by atoms with Crippen molar-refractivity contribution in [3.8, 4) is 0 Å². The largest absolute Gasteiger partial charge is 0.335 e. The summed E-state index contributed by atoms with van der Waals surface area (Å²) >= 11 is 0. The summed E-state index contributed by atoms with van der Waals surface area (Å²) in [6, 6.07) is 11.3. The molecular weight excluding hydrogens is 434 g/mol. The maximum atomic E-state index is 13.7. The fourth-order valence-electron chi connectivity index (χ4n) is 5.94. The van der Waals surface area contributed by atoms with Gasteiger partial charge in [-0.05, 0) is 65.3 Å². The summed E-state index contributed by atoms with van der Waals surface area (Å²) in [6.07, 6.45) is 4.13. The Morgan fingerprint density at radius 3 is 2.58 bits per heavy atom. The molecule has 7 heteroatoms. The van der Waals surface area contributed by atoms with Crippen LogP contribution in [-0.2, 0) is 28.3 Å². The van der Waals surface area contributed by atoms with Gasteiger partial charge in [0.15, 0.2) is 0 Å². The fraction of sp³-hybridized carbons (Fsp3) is 0.462. The Morgan fingerprint density at radius 2 is 1.85 bits per heavy atom. The van der Waals surface area contributed by atoms with Crippen LogP contribution in [-0.4, -0.2) is 56.4 Å². The normalized spacial score (nSPS) is 25.2. The van der Waals surface area contributed by atoms with E-state index in [-0.39, 0.29) is 22.8 Å². The number of sulfonamides is 1.